The minimum Gasteiger partial charge on any atom is -0.397 e. The molecule has 116 valence electrons. The first-order chi connectivity index (χ1) is 10.1. The number of nitrogens with zero attached hydrogens (tertiary/aromatic N) is 1. The third-order valence-corrected chi connectivity index (χ3v) is 5.08. The summed E-state index contributed by atoms with van der Waals surface area (Å²) in [6.45, 7) is 5.63. The van der Waals surface area contributed by atoms with Gasteiger partial charge in [0, 0.05) is 18.6 Å². The van der Waals surface area contributed by atoms with Crippen molar-refractivity contribution < 1.29 is 4.79 Å². The van der Waals surface area contributed by atoms with Crippen LogP contribution in [0.1, 0.15) is 42.3 Å². The van der Waals surface area contributed by atoms with E-state index in [9.17, 15) is 4.79 Å². The molecule has 1 amide bonds. The monoisotopic (exact) mass is 308 g/mol. The molecule has 2 heterocycles. The van der Waals surface area contributed by atoms with Gasteiger partial charge >= 0.3 is 0 Å². The van der Waals surface area contributed by atoms with Crippen LogP contribution in [-0.4, -0.2) is 42.5 Å². The molecule has 0 bridgehead atoms. The Morgan fingerprint density at radius 2 is 2.19 bits per heavy atom. The Bertz CT molecular complexity index is 506. The average Bonchev–Trinajstić information content (AvgIpc) is 2.94. The number of thiophene rings is 1. The molecule has 1 aliphatic carbocycles. The maximum absolute atomic E-state index is 12.1. The van der Waals surface area contributed by atoms with Crippen LogP contribution in [0.2, 0.25) is 0 Å². The molecule has 3 rings (SSSR count). The highest BCUT2D eigenvalue weighted by atomic mass is 32.1. The summed E-state index contributed by atoms with van der Waals surface area (Å²) in [5.41, 5.74) is 6.55. The van der Waals surface area contributed by atoms with Crippen molar-refractivity contribution in [2.45, 2.75) is 44.7 Å². The molecule has 6 heteroatoms. The molecular formula is C15H24N4OS. The van der Waals surface area contributed by atoms with Crippen molar-refractivity contribution in [3.8, 4) is 0 Å². The Morgan fingerprint density at radius 3 is 2.86 bits per heavy atom. The fourth-order valence-electron chi connectivity index (χ4n) is 2.77. The molecule has 4 N–H and O–H groups in total. The van der Waals surface area contributed by atoms with E-state index in [1.165, 1.54) is 37.3 Å². The normalized spacial score (nSPS) is 20.4. The quantitative estimate of drug-likeness (QED) is 0.753. The van der Waals surface area contributed by atoms with E-state index in [4.69, 9.17) is 5.73 Å². The van der Waals surface area contributed by atoms with Crippen molar-refractivity contribution in [2.24, 2.45) is 0 Å². The van der Waals surface area contributed by atoms with E-state index in [1.807, 2.05) is 6.07 Å². The van der Waals surface area contributed by atoms with Gasteiger partial charge < -0.3 is 21.3 Å². The largest absolute Gasteiger partial charge is 0.397 e. The Morgan fingerprint density at radius 1 is 1.48 bits per heavy atom. The molecule has 1 saturated carbocycles. The SMILES string of the molecule is CC(CN1CCCC1)Nc1cc(N)c(C(=O)NC2CC2)s1. The molecule has 1 aromatic heterocycles. The molecule has 2 aliphatic rings. The highest BCUT2D eigenvalue weighted by Crippen LogP contribution is 2.31. The maximum atomic E-state index is 12.1. The molecule has 0 spiro atoms. The van der Waals surface area contributed by atoms with Crippen molar-refractivity contribution >= 4 is 27.9 Å². The van der Waals surface area contributed by atoms with Gasteiger partial charge in [-0.05, 0) is 51.8 Å². The maximum Gasteiger partial charge on any atom is 0.263 e. The van der Waals surface area contributed by atoms with Crippen LogP contribution in [0.3, 0.4) is 0 Å². The lowest BCUT2D eigenvalue weighted by atomic mass is 10.3. The Hall–Kier alpha value is -1.27. The summed E-state index contributed by atoms with van der Waals surface area (Å²) in [5.74, 6) is -0.0276. The van der Waals surface area contributed by atoms with E-state index in [-0.39, 0.29) is 5.91 Å². The van der Waals surface area contributed by atoms with Crippen molar-refractivity contribution in [2.75, 3.05) is 30.7 Å². The number of hydrogen-bond donors (Lipinski definition) is 3. The molecule has 1 aromatic rings. The van der Waals surface area contributed by atoms with Gasteiger partial charge in [-0.1, -0.05) is 0 Å². The number of nitrogen functional groups attached to an aromatic ring is 1. The van der Waals surface area contributed by atoms with Crippen molar-refractivity contribution in [1.29, 1.82) is 0 Å². The van der Waals surface area contributed by atoms with Gasteiger partial charge in [0.2, 0.25) is 0 Å². The second-order valence-electron chi connectivity index (χ2n) is 6.20. The van der Waals surface area contributed by atoms with E-state index in [2.05, 4.69) is 22.5 Å². The number of hydrogen-bond acceptors (Lipinski definition) is 5. The zero-order chi connectivity index (χ0) is 14.8. The predicted molar refractivity (Wildman–Crippen MR) is 88.0 cm³/mol. The number of likely N-dealkylation sites (tertiary alicyclic amines) is 1. The minimum atomic E-state index is -0.0276. The molecule has 0 radical (unpaired) electrons. The average molecular weight is 308 g/mol. The third-order valence-electron chi connectivity index (χ3n) is 4.00. The van der Waals surface area contributed by atoms with Crippen LogP contribution < -0.4 is 16.4 Å². The number of nitrogens with one attached hydrogen (secondary N) is 2. The van der Waals surface area contributed by atoms with Gasteiger partial charge in [-0.15, -0.1) is 11.3 Å². The first-order valence-electron chi connectivity index (χ1n) is 7.81. The molecule has 2 fully saturated rings. The van der Waals surface area contributed by atoms with Gasteiger partial charge in [0.1, 0.15) is 4.88 Å². The zero-order valence-electron chi connectivity index (χ0n) is 12.5. The van der Waals surface area contributed by atoms with Crippen LogP contribution in [-0.2, 0) is 0 Å². The number of rotatable bonds is 6. The Kier molecular flexibility index (Phi) is 4.35. The number of anilines is 2. The zero-order valence-corrected chi connectivity index (χ0v) is 13.3. The summed E-state index contributed by atoms with van der Waals surface area (Å²) >= 11 is 1.46. The van der Waals surface area contributed by atoms with Crippen molar-refractivity contribution in [3.63, 3.8) is 0 Å². The van der Waals surface area contributed by atoms with Crippen molar-refractivity contribution in [3.05, 3.63) is 10.9 Å². The van der Waals surface area contributed by atoms with Crippen LogP contribution in [0.5, 0.6) is 0 Å². The van der Waals surface area contributed by atoms with Gasteiger partial charge in [0.15, 0.2) is 0 Å². The first-order valence-corrected chi connectivity index (χ1v) is 8.62. The first kappa shape index (κ1) is 14.7. The topological polar surface area (TPSA) is 70.4 Å². The van der Waals surface area contributed by atoms with Crippen LogP contribution in [0.15, 0.2) is 6.07 Å². The fourth-order valence-corrected chi connectivity index (χ4v) is 3.77. The summed E-state index contributed by atoms with van der Waals surface area (Å²) in [4.78, 5) is 15.2. The van der Waals surface area contributed by atoms with E-state index < -0.39 is 0 Å². The van der Waals surface area contributed by atoms with Crippen molar-refractivity contribution in [1.82, 2.24) is 10.2 Å². The summed E-state index contributed by atoms with van der Waals surface area (Å²) in [6, 6.07) is 2.61. The second-order valence-corrected chi connectivity index (χ2v) is 7.25. The van der Waals surface area contributed by atoms with Crippen LogP contribution in [0.4, 0.5) is 10.7 Å². The van der Waals surface area contributed by atoms with Crippen LogP contribution in [0, 0.1) is 0 Å². The highest BCUT2D eigenvalue weighted by molar-refractivity contribution is 7.18. The second kappa shape index (κ2) is 6.23. The Balaban J connectivity index is 1.56. The molecule has 21 heavy (non-hydrogen) atoms. The molecule has 1 unspecified atom stereocenters. The van der Waals surface area contributed by atoms with Gasteiger partial charge in [-0.3, -0.25) is 4.79 Å². The standard InChI is InChI=1S/C15H24N4OS/c1-10(9-19-6-2-3-7-19)17-13-8-12(16)14(21-13)15(20)18-11-4-5-11/h8,10-11,17H,2-7,9,16H2,1H3,(H,18,20). The molecular weight excluding hydrogens is 284 g/mol. The Labute approximate surface area is 129 Å². The van der Waals surface area contributed by atoms with Gasteiger partial charge in [-0.2, -0.15) is 0 Å². The fraction of sp³-hybridized carbons (Fsp3) is 0.667. The summed E-state index contributed by atoms with van der Waals surface area (Å²) in [6.07, 6.45) is 4.80. The predicted octanol–water partition coefficient (Wildman–Crippen LogP) is 2.12. The third kappa shape index (κ3) is 3.89. The number of carbonyl (C=O) groups excluding carboxylic acids is 1. The minimum absolute atomic E-state index is 0.0276. The molecule has 0 aromatic carbocycles. The van der Waals surface area contributed by atoms with Crippen LogP contribution in [0.25, 0.3) is 0 Å². The molecule has 1 aliphatic heterocycles. The van der Waals surface area contributed by atoms with E-state index in [0.29, 0.717) is 22.6 Å². The number of nitrogens with two attached hydrogens (primary N) is 1. The summed E-state index contributed by atoms with van der Waals surface area (Å²) < 4.78 is 0. The van der Waals surface area contributed by atoms with Gasteiger partial charge in [0.25, 0.3) is 5.91 Å². The van der Waals surface area contributed by atoms with Gasteiger partial charge in [0.05, 0.1) is 10.7 Å². The molecule has 1 saturated heterocycles. The lowest BCUT2D eigenvalue weighted by Gasteiger charge is -2.21. The lowest BCUT2D eigenvalue weighted by Crippen LogP contribution is -2.32. The van der Waals surface area contributed by atoms with E-state index in [0.717, 1.165) is 24.4 Å². The number of carbonyl (C=O) groups is 1. The van der Waals surface area contributed by atoms with E-state index >= 15 is 0 Å². The smallest absolute Gasteiger partial charge is 0.263 e. The summed E-state index contributed by atoms with van der Waals surface area (Å²) in [5, 5.41) is 7.45. The lowest BCUT2D eigenvalue weighted by molar-refractivity contribution is 0.0956. The number of amides is 1. The van der Waals surface area contributed by atoms with E-state index in [1.54, 1.807) is 0 Å². The molecule has 5 nitrogen and oxygen atoms in total. The summed E-state index contributed by atoms with van der Waals surface area (Å²) in [7, 11) is 0. The molecule has 1 atom stereocenters. The van der Waals surface area contributed by atoms with Crippen LogP contribution >= 0.6 is 11.3 Å². The highest BCUT2D eigenvalue weighted by Gasteiger charge is 2.26. The van der Waals surface area contributed by atoms with Gasteiger partial charge in [-0.25, -0.2) is 0 Å².